The highest BCUT2D eigenvalue weighted by molar-refractivity contribution is 9.10. The van der Waals surface area contributed by atoms with E-state index in [0.717, 1.165) is 17.7 Å². The predicted molar refractivity (Wildman–Crippen MR) is 117 cm³/mol. The van der Waals surface area contributed by atoms with E-state index in [2.05, 4.69) is 21.2 Å². The number of hydrogen-bond acceptors (Lipinski definition) is 4. The van der Waals surface area contributed by atoms with Gasteiger partial charge in [-0.05, 0) is 52.2 Å². The first-order valence-corrected chi connectivity index (χ1v) is 12.2. The van der Waals surface area contributed by atoms with E-state index in [1.807, 2.05) is 0 Å². The van der Waals surface area contributed by atoms with Crippen molar-refractivity contribution < 1.29 is 31.2 Å². The van der Waals surface area contributed by atoms with Gasteiger partial charge in [0.2, 0.25) is 11.8 Å². The molecule has 1 aliphatic heterocycles. The Morgan fingerprint density at radius 2 is 1.88 bits per heavy atom. The summed E-state index contributed by atoms with van der Waals surface area (Å²) in [5, 5.41) is 2.14. The fourth-order valence-corrected chi connectivity index (χ4v) is 5.92. The lowest BCUT2D eigenvalue weighted by Gasteiger charge is -2.18. The van der Waals surface area contributed by atoms with Gasteiger partial charge in [0.1, 0.15) is 0 Å². The maximum atomic E-state index is 13.1. The summed E-state index contributed by atoms with van der Waals surface area (Å²) < 4.78 is 65.3. The molecule has 1 aliphatic rings. The lowest BCUT2D eigenvalue weighted by atomic mass is 10.1. The van der Waals surface area contributed by atoms with Crippen molar-refractivity contribution in [3.05, 3.63) is 52.0 Å². The summed E-state index contributed by atoms with van der Waals surface area (Å²) in [5.41, 5.74) is -0.102. The van der Waals surface area contributed by atoms with Crippen LogP contribution in [0, 0.1) is 0 Å². The number of hydrogen-bond donors (Lipinski definition) is 1. The van der Waals surface area contributed by atoms with Crippen molar-refractivity contribution in [1.29, 1.82) is 0 Å². The zero-order valence-corrected chi connectivity index (χ0v) is 19.4. The van der Waals surface area contributed by atoms with Gasteiger partial charge in [0, 0.05) is 29.5 Å². The number of halogens is 4. The first-order valence-electron chi connectivity index (χ1n) is 9.75. The molecule has 0 unspecified atom stereocenters. The van der Waals surface area contributed by atoms with Crippen LogP contribution in [0.25, 0.3) is 0 Å². The van der Waals surface area contributed by atoms with Gasteiger partial charge < -0.3 is 10.2 Å². The maximum Gasteiger partial charge on any atom is 0.418 e. The summed E-state index contributed by atoms with van der Waals surface area (Å²) in [7, 11) is -3.96. The summed E-state index contributed by atoms with van der Waals surface area (Å²) in [6.07, 6.45) is -4.32. The third kappa shape index (κ3) is 5.15. The van der Waals surface area contributed by atoms with E-state index in [0.29, 0.717) is 23.1 Å². The van der Waals surface area contributed by atoms with Gasteiger partial charge in [-0.3, -0.25) is 9.59 Å². The molecule has 0 aromatic heterocycles. The maximum absolute atomic E-state index is 13.1. The molecule has 0 radical (unpaired) electrons. The Morgan fingerprint density at radius 3 is 2.53 bits per heavy atom. The molecule has 0 fully saturated rings. The van der Waals surface area contributed by atoms with Crippen molar-refractivity contribution >= 4 is 49.0 Å². The Bertz CT molecular complexity index is 1170. The molecular formula is C21H20BrF3N2O4S. The van der Waals surface area contributed by atoms with Crippen molar-refractivity contribution in [2.75, 3.05) is 22.5 Å². The number of carbonyl (C=O) groups is 2. The summed E-state index contributed by atoms with van der Waals surface area (Å²) >= 11 is 3.24. The molecule has 2 aromatic carbocycles. The Morgan fingerprint density at radius 1 is 1.19 bits per heavy atom. The Hall–Kier alpha value is -2.40. The number of alkyl halides is 3. The molecule has 0 bridgehead atoms. The van der Waals surface area contributed by atoms with Gasteiger partial charge in [0.05, 0.1) is 21.9 Å². The number of anilines is 2. The minimum absolute atomic E-state index is 0.0736. The summed E-state index contributed by atoms with van der Waals surface area (Å²) in [6, 6.07) is 7.52. The fourth-order valence-electron chi connectivity index (χ4n) is 3.47. The molecule has 1 heterocycles. The number of amides is 2. The number of nitrogens with one attached hydrogen (secondary N) is 1. The Kier molecular flexibility index (Phi) is 6.99. The van der Waals surface area contributed by atoms with Crippen LogP contribution in [0.2, 0.25) is 0 Å². The molecular weight excluding hydrogens is 513 g/mol. The second-order valence-electron chi connectivity index (χ2n) is 7.22. The van der Waals surface area contributed by atoms with E-state index in [9.17, 15) is 31.2 Å². The smallest absolute Gasteiger partial charge is 0.325 e. The molecule has 1 N–H and O–H groups in total. The normalized spacial score (nSPS) is 13.7. The molecule has 172 valence electrons. The molecule has 0 atom stereocenters. The van der Waals surface area contributed by atoms with Gasteiger partial charge in [0.25, 0.3) is 0 Å². The largest absolute Gasteiger partial charge is 0.418 e. The molecule has 11 heteroatoms. The monoisotopic (exact) mass is 532 g/mol. The van der Waals surface area contributed by atoms with E-state index in [1.165, 1.54) is 23.1 Å². The predicted octanol–water partition coefficient (Wildman–Crippen LogP) is 4.57. The van der Waals surface area contributed by atoms with Crippen molar-refractivity contribution in [1.82, 2.24) is 0 Å². The zero-order chi connectivity index (χ0) is 23.7. The standard InChI is InChI=1S/C21H20BrF3N2O4S/c1-2-20(29)27-9-7-13-11-15(22)18(12-17(13)27)32(30,31)10-8-19(28)26-16-6-4-3-5-14(16)21(23,24)25/h3-6,11-12H,2,7-10H2,1H3,(H,26,28). The minimum atomic E-state index is -4.66. The quantitative estimate of drug-likeness (QED) is 0.590. The van der Waals surface area contributed by atoms with Crippen LogP contribution < -0.4 is 10.2 Å². The summed E-state index contributed by atoms with van der Waals surface area (Å²) in [5.74, 6) is -1.59. The van der Waals surface area contributed by atoms with Gasteiger partial charge in [-0.15, -0.1) is 0 Å². The van der Waals surface area contributed by atoms with Gasteiger partial charge in [-0.1, -0.05) is 19.1 Å². The number of benzene rings is 2. The van der Waals surface area contributed by atoms with Crippen LogP contribution in [-0.4, -0.2) is 32.5 Å². The highest BCUT2D eigenvalue weighted by Gasteiger charge is 2.34. The average molecular weight is 533 g/mol. The molecule has 32 heavy (non-hydrogen) atoms. The number of para-hydroxylation sites is 1. The third-order valence-electron chi connectivity index (χ3n) is 5.07. The van der Waals surface area contributed by atoms with Crippen LogP contribution in [0.4, 0.5) is 24.5 Å². The second kappa shape index (κ2) is 9.22. The molecule has 0 aliphatic carbocycles. The molecule has 2 aromatic rings. The highest BCUT2D eigenvalue weighted by atomic mass is 79.9. The first-order chi connectivity index (χ1) is 14.9. The third-order valence-corrected chi connectivity index (χ3v) is 7.74. The van der Waals surface area contributed by atoms with Gasteiger partial charge in [-0.2, -0.15) is 13.2 Å². The van der Waals surface area contributed by atoms with Crippen LogP contribution in [-0.2, 0) is 32.0 Å². The SMILES string of the molecule is CCC(=O)N1CCc2cc(Br)c(S(=O)(=O)CCC(=O)Nc3ccccc3C(F)(F)F)cc21. The topological polar surface area (TPSA) is 83.6 Å². The van der Waals surface area contributed by atoms with Gasteiger partial charge in [-0.25, -0.2) is 8.42 Å². The van der Waals surface area contributed by atoms with E-state index in [-0.39, 0.29) is 17.2 Å². The number of nitrogens with zero attached hydrogens (tertiary/aromatic N) is 1. The summed E-state index contributed by atoms with van der Waals surface area (Å²) in [6.45, 7) is 2.17. The second-order valence-corrected chi connectivity index (χ2v) is 10.2. The molecule has 0 saturated carbocycles. The lowest BCUT2D eigenvalue weighted by Crippen LogP contribution is -2.28. The van der Waals surface area contributed by atoms with Gasteiger partial charge in [0.15, 0.2) is 9.84 Å². The molecule has 0 saturated heterocycles. The van der Waals surface area contributed by atoms with E-state index in [1.54, 1.807) is 13.0 Å². The van der Waals surface area contributed by atoms with Crippen LogP contribution in [0.15, 0.2) is 45.8 Å². The minimum Gasteiger partial charge on any atom is -0.325 e. The van der Waals surface area contributed by atoms with Crippen LogP contribution in [0.5, 0.6) is 0 Å². The number of carbonyl (C=O) groups excluding carboxylic acids is 2. The summed E-state index contributed by atoms with van der Waals surface area (Å²) in [4.78, 5) is 25.8. The zero-order valence-electron chi connectivity index (χ0n) is 17.0. The molecule has 6 nitrogen and oxygen atoms in total. The highest BCUT2D eigenvalue weighted by Crippen LogP contribution is 2.37. The lowest BCUT2D eigenvalue weighted by molar-refractivity contribution is -0.137. The Labute approximate surface area is 191 Å². The van der Waals surface area contributed by atoms with Crippen molar-refractivity contribution in [3.63, 3.8) is 0 Å². The number of sulfone groups is 1. The van der Waals surface area contributed by atoms with E-state index < -0.39 is 45.3 Å². The molecule has 3 rings (SSSR count). The average Bonchev–Trinajstić information content (AvgIpc) is 3.13. The van der Waals surface area contributed by atoms with Crippen molar-refractivity contribution in [2.24, 2.45) is 0 Å². The van der Waals surface area contributed by atoms with Crippen LogP contribution in [0.1, 0.15) is 30.9 Å². The fraction of sp³-hybridized carbons (Fsp3) is 0.333. The first kappa shape index (κ1) is 24.2. The molecule has 0 spiro atoms. The van der Waals surface area contributed by atoms with Crippen molar-refractivity contribution in [3.8, 4) is 0 Å². The number of fused-ring (bicyclic) bond motifs is 1. The van der Waals surface area contributed by atoms with E-state index >= 15 is 0 Å². The van der Waals surface area contributed by atoms with Crippen LogP contribution in [0.3, 0.4) is 0 Å². The molecule has 2 amide bonds. The Balaban J connectivity index is 1.77. The van der Waals surface area contributed by atoms with Gasteiger partial charge >= 0.3 is 6.18 Å². The van der Waals surface area contributed by atoms with E-state index in [4.69, 9.17) is 0 Å². The number of rotatable bonds is 6. The van der Waals surface area contributed by atoms with Crippen LogP contribution >= 0.6 is 15.9 Å². The van der Waals surface area contributed by atoms with Crippen molar-refractivity contribution in [2.45, 2.75) is 37.3 Å².